The Morgan fingerprint density at radius 3 is 2.63 bits per heavy atom. The van der Waals surface area contributed by atoms with E-state index in [0.29, 0.717) is 17.3 Å². The minimum Gasteiger partial charge on any atom is -0.439 e. The average molecular weight is 255 g/mol. The van der Waals surface area contributed by atoms with Crippen LogP contribution in [0, 0.1) is 0 Å². The molecule has 0 saturated heterocycles. The number of nitrogens with two attached hydrogens (primary N) is 1. The first-order valence-corrected chi connectivity index (χ1v) is 5.53. The molecule has 0 saturated carbocycles. The third-order valence-corrected chi connectivity index (χ3v) is 2.14. The second-order valence-electron chi connectivity index (χ2n) is 3.53. The van der Waals surface area contributed by atoms with Crippen molar-refractivity contribution in [1.82, 2.24) is 10.4 Å². The highest BCUT2D eigenvalue weighted by Crippen LogP contribution is 2.22. The zero-order chi connectivity index (χ0) is 13.5. The summed E-state index contributed by atoms with van der Waals surface area (Å²) >= 11 is 0. The highest BCUT2D eigenvalue weighted by molar-refractivity contribution is 5.80. The van der Waals surface area contributed by atoms with Gasteiger partial charge in [0, 0.05) is 19.0 Å². The lowest BCUT2D eigenvalue weighted by Gasteiger charge is -2.04. The summed E-state index contributed by atoms with van der Waals surface area (Å²) in [6.45, 7) is 3.25. The number of guanidine groups is 1. The fourth-order valence-corrected chi connectivity index (χ4v) is 1.36. The fraction of sp³-hybridized carbons (Fsp3) is 0. The fourth-order valence-electron chi connectivity index (χ4n) is 1.36. The highest BCUT2D eigenvalue weighted by atomic mass is 16.5. The molecule has 0 atom stereocenters. The van der Waals surface area contributed by atoms with Crippen LogP contribution in [0.3, 0.4) is 0 Å². The van der Waals surface area contributed by atoms with Gasteiger partial charge in [0.15, 0.2) is 0 Å². The van der Waals surface area contributed by atoms with Crippen molar-refractivity contribution < 1.29 is 4.74 Å². The topological polar surface area (TPSA) is 84.9 Å². The molecular formula is C13H13N5O. The third kappa shape index (κ3) is 3.81. The number of pyridine rings is 1. The van der Waals surface area contributed by atoms with Crippen molar-refractivity contribution in [1.29, 1.82) is 0 Å². The second kappa shape index (κ2) is 6.15. The number of nitrogens with one attached hydrogen (secondary N) is 1. The van der Waals surface area contributed by atoms with Gasteiger partial charge in [-0.05, 0) is 30.3 Å². The molecule has 1 aromatic heterocycles. The lowest BCUT2D eigenvalue weighted by molar-refractivity contribution is 0.463. The molecule has 0 fully saturated rings. The summed E-state index contributed by atoms with van der Waals surface area (Å²) in [6, 6.07) is 12.6. The van der Waals surface area contributed by atoms with E-state index >= 15 is 0 Å². The van der Waals surface area contributed by atoms with Crippen LogP contribution in [0.15, 0.2) is 58.8 Å². The van der Waals surface area contributed by atoms with Crippen LogP contribution in [0.25, 0.3) is 0 Å². The van der Waals surface area contributed by atoms with Gasteiger partial charge in [-0.2, -0.15) is 5.10 Å². The Hall–Kier alpha value is -2.89. The molecule has 0 unspecified atom stereocenters. The molecule has 1 aromatic carbocycles. The zero-order valence-electron chi connectivity index (χ0n) is 10.2. The molecule has 0 aliphatic heterocycles. The van der Waals surface area contributed by atoms with Gasteiger partial charge >= 0.3 is 0 Å². The lowest BCUT2D eigenvalue weighted by atomic mass is 10.3. The maximum Gasteiger partial charge on any atom is 0.219 e. The first-order valence-electron chi connectivity index (χ1n) is 5.53. The molecule has 0 aliphatic rings. The Morgan fingerprint density at radius 1 is 1.21 bits per heavy atom. The number of nitrogens with zero attached hydrogens (tertiary/aromatic N) is 3. The predicted molar refractivity (Wildman–Crippen MR) is 74.7 cm³/mol. The van der Waals surface area contributed by atoms with Crippen molar-refractivity contribution in [2.24, 2.45) is 15.8 Å². The minimum atomic E-state index is 0.174. The van der Waals surface area contributed by atoms with Gasteiger partial charge < -0.3 is 10.5 Å². The smallest absolute Gasteiger partial charge is 0.219 e. The molecule has 3 N–H and O–H groups in total. The maximum absolute atomic E-state index is 5.55. The lowest BCUT2D eigenvalue weighted by Crippen LogP contribution is -2.26. The molecule has 96 valence electrons. The number of aliphatic imine (C=N–C) groups is 1. The molecule has 0 radical (unpaired) electrons. The van der Waals surface area contributed by atoms with Gasteiger partial charge in [-0.3, -0.25) is 0 Å². The van der Waals surface area contributed by atoms with E-state index in [1.807, 2.05) is 12.1 Å². The average Bonchev–Trinajstić information content (AvgIpc) is 2.42. The largest absolute Gasteiger partial charge is 0.439 e. The molecule has 2 aromatic rings. The normalized spacial score (nSPS) is 10.8. The van der Waals surface area contributed by atoms with Crippen LogP contribution < -0.4 is 15.9 Å². The summed E-state index contributed by atoms with van der Waals surface area (Å²) in [5.41, 5.74) is 8.67. The number of rotatable bonds is 4. The standard InChI is InChI=1S/C13H13N5O/c1-15-18-13(14)17-10-5-7-11(8-6-10)19-12-4-2-3-9-16-12/h2-9H,1H2,(H3,14,17,18). The molecule has 0 bridgehead atoms. The first-order chi connectivity index (χ1) is 9.28. The van der Waals surface area contributed by atoms with E-state index in [0.717, 1.165) is 0 Å². The SMILES string of the molecule is C=NNC(N)=Nc1ccc(Oc2ccccn2)cc1. The summed E-state index contributed by atoms with van der Waals surface area (Å²) in [6.07, 6.45) is 1.67. The van der Waals surface area contributed by atoms with Crippen molar-refractivity contribution in [3.63, 3.8) is 0 Å². The second-order valence-corrected chi connectivity index (χ2v) is 3.53. The van der Waals surface area contributed by atoms with E-state index in [-0.39, 0.29) is 5.96 Å². The molecule has 0 amide bonds. The molecular weight excluding hydrogens is 242 g/mol. The van der Waals surface area contributed by atoms with Gasteiger partial charge in [0.2, 0.25) is 11.8 Å². The number of benzene rings is 1. The first kappa shape index (κ1) is 12.6. The zero-order valence-corrected chi connectivity index (χ0v) is 10.2. The Balaban J connectivity index is 2.06. The number of hydrogen-bond acceptors (Lipinski definition) is 4. The number of hydrazone groups is 1. The monoisotopic (exact) mass is 255 g/mol. The molecule has 6 nitrogen and oxygen atoms in total. The summed E-state index contributed by atoms with van der Waals surface area (Å²) in [4.78, 5) is 8.15. The van der Waals surface area contributed by atoms with Gasteiger partial charge in [0.25, 0.3) is 0 Å². The van der Waals surface area contributed by atoms with E-state index in [9.17, 15) is 0 Å². The Morgan fingerprint density at radius 2 is 2.00 bits per heavy atom. The van der Waals surface area contributed by atoms with Gasteiger partial charge in [-0.1, -0.05) is 6.07 Å². The van der Waals surface area contributed by atoms with Crippen LogP contribution in [0.1, 0.15) is 0 Å². The van der Waals surface area contributed by atoms with E-state index in [2.05, 4.69) is 27.2 Å². The van der Waals surface area contributed by atoms with Gasteiger partial charge in [0.1, 0.15) is 5.75 Å². The molecule has 19 heavy (non-hydrogen) atoms. The summed E-state index contributed by atoms with van der Waals surface area (Å²) in [7, 11) is 0. The van der Waals surface area contributed by atoms with Gasteiger partial charge in [0.05, 0.1) is 5.69 Å². The summed E-state index contributed by atoms with van der Waals surface area (Å²) in [5, 5.41) is 3.42. The molecule has 0 spiro atoms. The van der Waals surface area contributed by atoms with Crippen molar-refractivity contribution in [2.45, 2.75) is 0 Å². The summed E-state index contributed by atoms with van der Waals surface area (Å²) in [5.74, 6) is 1.38. The predicted octanol–water partition coefficient (Wildman–Crippen LogP) is 2.03. The van der Waals surface area contributed by atoms with Crippen LogP contribution >= 0.6 is 0 Å². The van der Waals surface area contributed by atoms with Crippen molar-refractivity contribution in [3.8, 4) is 11.6 Å². The van der Waals surface area contributed by atoms with E-state index in [1.165, 1.54) is 0 Å². The Kier molecular flexibility index (Phi) is 4.07. The van der Waals surface area contributed by atoms with Crippen LogP contribution in [-0.2, 0) is 0 Å². The van der Waals surface area contributed by atoms with Crippen molar-refractivity contribution in [2.75, 3.05) is 0 Å². The Bertz CT molecular complexity index is 565. The quantitative estimate of drug-likeness (QED) is 0.497. The number of ether oxygens (including phenoxy) is 1. The molecule has 6 heteroatoms. The van der Waals surface area contributed by atoms with E-state index in [4.69, 9.17) is 10.5 Å². The van der Waals surface area contributed by atoms with Gasteiger partial charge in [-0.25, -0.2) is 15.4 Å². The summed E-state index contributed by atoms with van der Waals surface area (Å²) < 4.78 is 5.55. The van der Waals surface area contributed by atoms with Crippen molar-refractivity contribution in [3.05, 3.63) is 48.7 Å². The molecule has 2 rings (SSSR count). The molecule has 1 heterocycles. The molecule has 0 aliphatic carbocycles. The third-order valence-electron chi connectivity index (χ3n) is 2.14. The van der Waals surface area contributed by atoms with E-state index < -0.39 is 0 Å². The number of hydrogen-bond donors (Lipinski definition) is 2. The highest BCUT2D eigenvalue weighted by Gasteiger charge is 1.98. The van der Waals surface area contributed by atoms with Crippen LogP contribution in [-0.4, -0.2) is 17.7 Å². The van der Waals surface area contributed by atoms with E-state index in [1.54, 1.807) is 36.5 Å². The van der Waals surface area contributed by atoms with Crippen LogP contribution in [0.5, 0.6) is 11.6 Å². The number of aromatic nitrogens is 1. The Labute approximate surface area is 110 Å². The minimum absolute atomic E-state index is 0.174. The van der Waals surface area contributed by atoms with Gasteiger partial charge in [-0.15, -0.1) is 0 Å². The maximum atomic E-state index is 5.55. The van der Waals surface area contributed by atoms with Crippen molar-refractivity contribution >= 4 is 18.4 Å². The van der Waals surface area contributed by atoms with Crippen LogP contribution in [0.2, 0.25) is 0 Å². The van der Waals surface area contributed by atoms with Crippen LogP contribution in [0.4, 0.5) is 5.69 Å².